The third-order valence-electron chi connectivity index (χ3n) is 1.98. The molecule has 0 bridgehead atoms. The number of rotatable bonds is 3. The highest BCUT2D eigenvalue weighted by Crippen LogP contribution is 2.26. The number of nitrogens with zero attached hydrogens (tertiary/aromatic N) is 2. The highest BCUT2D eigenvalue weighted by molar-refractivity contribution is 6.31. The molecule has 1 unspecified atom stereocenters. The lowest BCUT2D eigenvalue weighted by Crippen LogP contribution is -2.11. The van der Waals surface area contributed by atoms with E-state index in [2.05, 4.69) is 5.10 Å². The molecule has 0 aromatic carbocycles. The molecule has 1 aromatic heterocycles. The average molecular weight is 203 g/mol. The molecule has 3 nitrogen and oxygen atoms in total. The summed E-state index contributed by atoms with van der Waals surface area (Å²) in [4.78, 5) is 0. The molecule has 1 rings (SSSR count). The maximum absolute atomic E-state index is 9.68. The fourth-order valence-electron chi connectivity index (χ4n) is 1.27. The summed E-state index contributed by atoms with van der Waals surface area (Å²) < 4.78 is 1.76. The number of hydrogen-bond donors (Lipinski definition) is 1. The summed E-state index contributed by atoms with van der Waals surface area (Å²) in [6.45, 7) is 5.93. The highest BCUT2D eigenvalue weighted by atomic mass is 35.5. The molecule has 0 fully saturated rings. The van der Waals surface area contributed by atoms with Crippen molar-refractivity contribution < 1.29 is 5.11 Å². The van der Waals surface area contributed by atoms with Crippen LogP contribution in [0.2, 0.25) is 5.02 Å². The maximum atomic E-state index is 9.68. The Bertz CT molecular complexity index is 283. The van der Waals surface area contributed by atoms with Crippen LogP contribution in [0, 0.1) is 0 Å². The van der Waals surface area contributed by atoms with Gasteiger partial charge in [-0.2, -0.15) is 5.10 Å². The summed E-state index contributed by atoms with van der Waals surface area (Å²) in [5.74, 6) is 0. The molecule has 0 amide bonds. The molecule has 0 spiro atoms. The van der Waals surface area contributed by atoms with Gasteiger partial charge in [-0.15, -0.1) is 0 Å². The van der Waals surface area contributed by atoms with Crippen molar-refractivity contribution >= 4 is 11.6 Å². The Morgan fingerprint density at radius 1 is 1.62 bits per heavy atom. The number of aliphatic hydroxyl groups is 1. The second-order valence-corrected chi connectivity index (χ2v) is 3.75. The van der Waals surface area contributed by atoms with Gasteiger partial charge in [0, 0.05) is 6.04 Å². The molecule has 1 N–H and O–H groups in total. The van der Waals surface area contributed by atoms with Gasteiger partial charge in [-0.3, -0.25) is 4.68 Å². The van der Waals surface area contributed by atoms with E-state index in [-0.39, 0.29) is 6.04 Å². The summed E-state index contributed by atoms with van der Waals surface area (Å²) in [7, 11) is 0. The topological polar surface area (TPSA) is 38.1 Å². The van der Waals surface area contributed by atoms with Crippen LogP contribution in [0.25, 0.3) is 0 Å². The van der Waals surface area contributed by atoms with Crippen molar-refractivity contribution in [3.8, 4) is 0 Å². The summed E-state index contributed by atoms with van der Waals surface area (Å²) in [5.41, 5.74) is 0.721. The van der Waals surface area contributed by atoms with Crippen molar-refractivity contribution in [2.24, 2.45) is 0 Å². The smallest absolute Gasteiger partial charge is 0.0969 e. The number of aliphatic hydroxyl groups excluding tert-OH is 1. The number of aromatic nitrogens is 2. The van der Waals surface area contributed by atoms with Crippen molar-refractivity contribution in [1.29, 1.82) is 0 Å². The average Bonchev–Trinajstić information content (AvgIpc) is 2.46. The first-order valence-corrected chi connectivity index (χ1v) is 4.86. The third kappa shape index (κ3) is 2.03. The molecule has 0 aliphatic heterocycles. The summed E-state index contributed by atoms with van der Waals surface area (Å²) in [5, 5.41) is 14.3. The molecule has 0 saturated carbocycles. The van der Waals surface area contributed by atoms with Crippen LogP contribution in [0.1, 0.15) is 45.0 Å². The van der Waals surface area contributed by atoms with Gasteiger partial charge < -0.3 is 5.11 Å². The van der Waals surface area contributed by atoms with Gasteiger partial charge in [0.05, 0.1) is 23.0 Å². The van der Waals surface area contributed by atoms with Gasteiger partial charge in [0.25, 0.3) is 0 Å². The standard InChI is InChI=1S/C9H15ClN2O/c1-4-8(13)9-7(10)5-11-12(9)6(2)3/h5-6,8,13H,4H2,1-3H3. The molecule has 74 valence electrons. The van der Waals surface area contributed by atoms with Crippen LogP contribution >= 0.6 is 11.6 Å². The minimum absolute atomic E-state index is 0.226. The Balaban J connectivity index is 3.08. The van der Waals surface area contributed by atoms with Gasteiger partial charge in [-0.1, -0.05) is 18.5 Å². The molecule has 1 aromatic rings. The van der Waals surface area contributed by atoms with Crippen molar-refractivity contribution in [3.05, 3.63) is 16.9 Å². The van der Waals surface area contributed by atoms with E-state index < -0.39 is 6.10 Å². The second-order valence-electron chi connectivity index (χ2n) is 3.34. The van der Waals surface area contributed by atoms with Gasteiger partial charge in [0.1, 0.15) is 0 Å². The van der Waals surface area contributed by atoms with Gasteiger partial charge in [0.15, 0.2) is 0 Å². The fraction of sp³-hybridized carbons (Fsp3) is 0.667. The molecule has 4 heteroatoms. The first-order chi connectivity index (χ1) is 6.07. The monoisotopic (exact) mass is 202 g/mol. The van der Waals surface area contributed by atoms with Gasteiger partial charge in [0.2, 0.25) is 0 Å². The lowest BCUT2D eigenvalue weighted by molar-refractivity contribution is 0.160. The molecular weight excluding hydrogens is 188 g/mol. The van der Waals surface area contributed by atoms with E-state index in [1.54, 1.807) is 10.9 Å². The zero-order valence-electron chi connectivity index (χ0n) is 8.16. The maximum Gasteiger partial charge on any atom is 0.0969 e. The van der Waals surface area contributed by atoms with E-state index in [1.165, 1.54) is 0 Å². The van der Waals surface area contributed by atoms with Crippen molar-refractivity contribution in [3.63, 3.8) is 0 Å². The van der Waals surface area contributed by atoms with Crippen LogP contribution in [0.4, 0.5) is 0 Å². The zero-order valence-corrected chi connectivity index (χ0v) is 8.91. The number of hydrogen-bond acceptors (Lipinski definition) is 2. The van der Waals surface area contributed by atoms with E-state index in [1.807, 2.05) is 20.8 Å². The highest BCUT2D eigenvalue weighted by Gasteiger charge is 2.17. The summed E-state index contributed by atoms with van der Waals surface area (Å²) in [6, 6.07) is 0.226. The van der Waals surface area contributed by atoms with E-state index >= 15 is 0 Å². The van der Waals surface area contributed by atoms with Crippen LogP contribution < -0.4 is 0 Å². The lowest BCUT2D eigenvalue weighted by Gasteiger charge is -2.14. The molecule has 0 aliphatic carbocycles. The number of halogens is 1. The minimum atomic E-state index is -0.516. The van der Waals surface area contributed by atoms with Gasteiger partial charge in [-0.05, 0) is 20.3 Å². The van der Waals surface area contributed by atoms with E-state index in [0.717, 1.165) is 5.69 Å². The predicted molar refractivity (Wildman–Crippen MR) is 52.9 cm³/mol. The van der Waals surface area contributed by atoms with Crippen molar-refractivity contribution in [2.45, 2.75) is 39.3 Å². The van der Waals surface area contributed by atoms with Crippen LogP contribution in [0.5, 0.6) is 0 Å². The van der Waals surface area contributed by atoms with Crippen molar-refractivity contribution in [2.75, 3.05) is 0 Å². The van der Waals surface area contributed by atoms with Gasteiger partial charge in [-0.25, -0.2) is 0 Å². The van der Waals surface area contributed by atoms with Crippen LogP contribution in [-0.2, 0) is 0 Å². The van der Waals surface area contributed by atoms with Crippen LogP contribution in [-0.4, -0.2) is 14.9 Å². The molecular formula is C9H15ClN2O. The Labute approximate surface area is 83.3 Å². The van der Waals surface area contributed by atoms with Crippen molar-refractivity contribution in [1.82, 2.24) is 9.78 Å². The molecule has 1 atom stereocenters. The summed E-state index contributed by atoms with van der Waals surface area (Å²) >= 11 is 5.92. The van der Waals surface area contributed by atoms with E-state index in [4.69, 9.17) is 11.6 Å². The zero-order chi connectivity index (χ0) is 10.0. The molecule has 1 heterocycles. The Hall–Kier alpha value is -0.540. The van der Waals surface area contributed by atoms with E-state index in [0.29, 0.717) is 11.4 Å². The van der Waals surface area contributed by atoms with Gasteiger partial charge >= 0.3 is 0 Å². The Morgan fingerprint density at radius 3 is 2.69 bits per heavy atom. The lowest BCUT2D eigenvalue weighted by atomic mass is 10.2. The molecule has 0 radical (unpaired) electrons. The Kier molecular flexibility index (Phi) is 3.33. The van der Waals surface area contributed by atoms with Crippen LogP contribution in [0.15, 0.2) is 6.20 Å². The SMILES string of the molecule is CCC(O)c1c(Cl)cnn1C(C)C. The largest absolute Gasteiger partial charge is 0.387 e. The predicted octanol–water partition coefficient (Wildman–Crippen LogP) is 2.56. The second kappa shape index (κ2) is 4.11. The first kappa shape index (κ1) is 10.5. The molecule has 13 heavy (non-hydrogen) atoms. The quantitative estimate of drug-likeness (QED) is 0.818. The molecule has 0 saturated heterocycles. The normalized spacial score (nSPS) is 13.7. The Morgan fingerprint density at radius 2 is 2.23 bits per heavy atom. The summed E-state index contributed by atoms with van der Waals surface area (Å²) in [6.07, 6.45) is 1.71. The van der Waals surface area contributed by atoms with E-state index in [9.17, 15) is 5.11 Å². The first-order valence-electron chi connectivity index (χ1n) is 4.48. The molecule has 0 aliphatic rings. The minimum Gasteiger partial charge on any atom is -0.387 e. The van der Waals surface area contributed by atoms with Crippen LogP contribution in [0.3, 0.4) is 0 Å². The third-order valence-corrected chi connectivity index (χ3v) is 2.27. The fourth-order valence-corrected chi connectivity index (χ4v) is 1.52.